The average molecular weight is 418 g/mol. The minimum absolute atomic E-state index is 0.0610. The molecule has 1 heterocycles. The van der Waals surface area contributed by atoms with Gasteiger partial charge in [-0.3, -0.25) is 4.79 Å². The van der Waals surface area contributed by atoms with Crippen LogP contribution in [0.3, 0.4) is 0 Å². The van der Waals surface area contributed by atoms with Crippen LogP contribution in [0.2, 0.25) is 5.02 Å². The van der Waals surface area contributed by atoms with E-state index in [1.807, 2.05) is 67.6 Å². The van der Waals surface area contributed by atoms with E-state index < -0.39 is 0 Å². The largest absolute Gasteiger partial charge is 0.338 e. The van der Waals surface area contributed by atoms with Gasteiger partial charge in [0.05, 0.1) is 11.0 Å². The lowest BCUT2D eigenvalue weighted by Gasteiger charge is -2.19. The summed E-state index contributed by atoms with van der Waals surface area (Å²) < 4.78 is 0. The normalized spacial score (nSPS) is 11.6. The van der Waals surface area contributed by atoms with Crippen molar-refractivity contribution in [2.45, 2.75) is 33.1 Å². The summed E-state index contributed by atoms with van der Waals surface area (Å²) in [7, 11) is 0. The molecule has 5 heteroatoms. The second-order valence-electron chi connectivity index (χ2n) is 8.56. The van der Waals surface area contributed by atoms with Gasteiger partial charge in [-0.15, -0.1) is 0 Å². The van der Waals surface area contributed by atoms with Crippen molar-refractivity contribution < 1.29 is 4.79 Å². The Kier molecular flexibility index (Phi) is 5.12. The summed E-state index contributed by atoms with van der Waals surface area (Å²) in [6.45, 7) is 8.43. The number of nitrogens with one attached hydrogen (secondary N) is 2. The fourth-order valence-corrected chi connectivity index (χ4v) is 3.47. The van der Waals surface area contributed by atoms with Gasteiger partial charge in [0.15, 0.2) is 0 Å². The van der Waals surface area contributed by atoms with Crippen LogP contribution in [0.4, 0.5) is 5.69 Å². The monoisotopic (exact) mass is 417 g/mol. The van der Waals surface area contributed by atoms with Gasteiger partial charge in [0, 0.05) is 21.8 Å². The number of amides is 1. The van der Waals surface area contributed by atoms with Crippen molar-refractivity contribution in [2.24, 2.45) is 0 Å². The molecule has 1 amide bonds. The van der Waals surface area contributed by atoms with Gasteiger partial charge in [0.1, 0.15) is 5.82 Å². The Labute approximate surface area is 181 Å². The highest BCUT2D eigenvalue weighted by atomic mass is 35.5. The molecule has 0 aliphatic heterocycles. The molecule has 0 aliphatic carbocycles. The molecule has 0 spiro atoms. The number of imidazole rings is 1. The van der Waals surface area contributed by atoms with Crippen molar-refractivity contribution in [1.29, 1.82) is 0 Å². The number of carbonyl (C=O) groups excluding carboxylic acids is 1. The zero-order chi connectivity index (χ0) is 21.5. The minimum Gasteiger partial charge on any atom is -0.338 e. The number of anilines is 1. The first-order chi connectivity index (χ1) is 14.2. The molecule has 0 radical (unpaired) electrons. The van der Waals surface area contributed by atoms with E-state index in [1.54, 1.807) is 0 Å². The molecule has 3 aromatic carbocycles. The van der Waals surface area contributed by atoms with Crippen molar-refractivity contribution in [2.75, 3.05) is 5.32 Å². The first kappa shape index (κ1) is 20.2. The van der Waals surface area contributed by atoms with Crippen molar-refractivity contribution in [3.05, 3.63) is 82.4 Å². The van der Waals surface area contributed by atoms with Crippen LogP contribution < -0.4 is 5.32 Å². The van der Waals surface area contributed by atoms with Gasteiger partial charge < -0.3 is 10.3 Å². The van der Waals surface area contributed by atoms with E-state index >= 15 is 0 Å². The third-order valence-corrected chi connectivity index (χ3v) is 5.60. The van der Waals surface area contributed by atoms with Crippen molar-refractivity contribution in [3.8, 4) is 11.4 Å². The fraction of sp³-hybridized carbons (Fsp3) is 0.200. The first-order valence-corrected chi connectivity index (χ1v) is 10.3. The molecule has 30 heavy (non-hydrogen) atoms. The van der Waals surface area contributed by atoms with Crippen LogP contribution in [0.15, 0.2) is 60.7 Å². The number of halogens is 1. The number of aromatic nitrogens is 2. The predicted octanol–water partition coefficient (Wildman–Crippen LogP) is 6.74. The summed E-state index contributed by atoms with van der Waals surface area (Å²) in [5.74, 6) is 0.638. The summed E-state index contributed by atoms with van der Waals surface area (Å²) >= 11 is 6.20. The molecule has 0 bridgehead atoms. The molecule has 2 N–H and O–H groups in total. The standard InChI is InChI=1S/C25H24ClN3O/c1-15-13-21-22(14-20(15)26)29-23(28-21)16-7-11-19(12-8-16)27-24(30)17-5-9-18(10-6-17)25(2,3)4/h5-14H,1-4H3,(H,27,30)(H,28,29). The Morgan fingerprint density at radius 2 is 1.67 bits per heavy atom. The second-order valence-corrected chi connectivity index (χ2v) is 8.97. The predicted molar refractivity (Wildman–Crippen MR) is 124 cm³/mol. The molecule has 152 valence electrons. The van der Waals surface area contributed by atoms with Crippen LogP contribution in [0, 0.1) is 6.92 Å². The maximum absolute atomic E-state index is 12.6. The van der Waals surface area contributed by atoms with Gasteiger partial charge >= 0.3 is 0 Å². The van der Waals surface area contributed by atoms with Crippen molar-refractivity contribution in [1.82, 2.24) is 9.97 Å². The lowest BCUT2D eigenvalue weighted by atomic mass is 9.87. The zero-order valence-corrected chi connectivity index (χ0v) is 18.3. The summed E-state index contributed by atoms with van der Waals surface area (Å²) in [5.41, 5.74) is 6.35. The van der Waals surface area contributed by atoms with E-state index in [2.05, 4.69) is 36.1 Å². The number of benzene rings is 3. The number of H-pyrrole nitrogens is 1. The molecule has 0 atom stereocenters. The van der Waals surface area contributed by atoms with Crippen molar-refractivity contribution >= 4 is 34.2 Å². The smallest absolute Gasteiger partial charge is 0.255 e. The number of nitrogens with zero attached hydrogens (tertiary/aromatic N) is 1. The van der Waals surface area contributed by atoms with E-state index in [4.69, 9.17) is 11.6 Å². The maximum atomic E-state index is 12.6. The molecule has 0 unspecified atom stereocenters. The average Bonchev–Trinajstić information content (AvgIpc) is 3.11. The summed E-state index contributed by atoms with van der Waals surface area (Å²) in [6.07, 6.45) is 0. The van der Waals surface area contributed by atoms with E-state index in [9.17, 15) is 4.79 Å². The van der Waals surface area contributed by atoms with Crippen molar-refractivity contribution in [3.63, 3.8) is 0 Å². The van der Waals surface area contributed by atoms with Crippen LogP contribution in [0.1, 0.15) is 42.3 Å². The number of fused-ring (bicyclic) bond motifs is 1. The Balaban J connectivity index is 1.50. The van der Waals surface area contributed by atoms with Gasteiger partial charge in [0.2, 0.25) is 0 Å². The third kappa shape index (κ3) is 4.10. The topological polar surface area (TPSA) is 57.8 Å². The van der Waals surface area contributed by atoms with Gasteiger partial charge in [-0.25, -0.2) is 4.98 Å². The molecule has 0 saturated carbocycles. The van der Waals surface area contributed by atoms with Crippen LogP contribution in [0.25, 0.3) is 22.4 Å². The highest BCUT2D eigenvalue weighted by Crippen LogP contribution is 2.26. The first-order valence-electron chi connectivity index (χ1n) is 9.89. The highest BCUT2D eigenvalue weighted by Gasteiger charge is 2.14. The number of hydrogen-bond acceptors (Lipinski definition) is 2. The Bertz CT molecular complexity index is 1180. The number of hydrogen-bond donors (Lipinski definition) is 2. The number of aryl methyl sites for hydroxylation is 1. The second kappa shape index (κ2) is 7.62. The third-order valence-electron chi connectivity index (χ3n) is 5.19. The van der Waals surface area contributed by atoms with Gasteiger partial charge in [-0.05, 0) is 72.0 Å². The molecule has 4 aromatic rings. The van der Waals surface area contributed by atoms with Gasteiger partial charge in [-0.2, -0.15) is 0 Å². The zero-order valence-electron chi connectivity index (χ0n) is 17.5. The lowest BCUT2D eigenvalue weighted by molar-refractivity contribution is 0.102. The molecular weight excluding hydrogens is 394 g/mol. The quantitative estimate of drug-likeness (QED) is 0.387. The molecule has 0 fully saturated rings. The summed E-state index contributed by atoms with van der Waals surface area (Å²) in [5, 5.41) is 3.65. The maximum Gasteiger partial charge on any atom is 0.255 e. The summed E-state index contributed by atoms with van der Waals surface area (Å²) in [6, 6.07) is 19.2. The molecule has 1 aromatic heterocycles. The molecule has 0 aliphatic rings. The SMILES string of the molecule is Cc1cc2[nH]c(-c3ccc(NC(=O)c4ccc(C(C)(C)C)cc4)cc3)nc2cc1Cl. The summed E-state index contributed by atoms with van der Waals surface area (Å²) in [4.78, 5) is 20.5. The van der Waals surface area contributed by atoms with Gasteiger partial charge in [-0.1, -0.05) is 44.5 Å². The Hall–Kier alpha value is -3.11. The van der Waals surface area contributed by atoms with E-state index in [0.717, 1.165) is 33.7 Å². The number of aromatic amines is 1. The fourth-order valence-electron chi connectivity index (χ4n) is 3.31. The van der Waals surface area contributed by atoms with E-state index in [-0.39, 0.29) is 11.3 Å². The Morgan fingerprint density at radius 1 is 1.00 bits per heavy atom. The number of rotatable bonds is 3. The van der Waals surface area contributed by atoms with Crippen LogP contribution >= 0.6 is 11.6 Å². The van der Waals surface area contributed by atoms with Crippen LogP contribution in [-0.2, 0) is 5.41 Å². The Morgan fingerprint density at radius 3 is 2.30 bits per heavy atom. The highest BCUT2D eigenvalue weighted by molar-refractivity contribution is 6.32. The molecule has 4 nitrogen and oxygen atoms in total. The van der Waals surface area contributed by atoms with Crippen LogP contribution in [0.5, 0.6) is 0 Å². The molecule has 0 saturated heterocycles. The minimum atomic E-state index is -0.128. The van der Waals surface area contributed by atoms with E-state index in [0.29, 0.717) is 10.6 Å². The lowest BCUT2D eigenvalue weighted by Crippen LogP contribution is -2.14. The van der Waals surface area contributed by atoms with Crippen LogP contribution in [-0.4, -0.2) is 15.9 Å². The molecular formula is C25H24ClN3O. The number of carbonyl (C=O) groups is 1. The van der Waals surface area contributed by atoms with Gasteiger partial charge in [0.25, 0.3) is 5.91 Å². The molecule has 4 rings (SSSR count). The van der Waals surface area contributed by atoms with E-state index in [1.165, 1.54) is 5.56 Å².